The minimum atomic E-state index is 0. The Morgan fingerprint density at radius 1 is 0.600 bits per heavy atom. The van der Waals surface area contributed by atoms with Gasteiger partial charge in [-0.3, -0.25) is 0 Å². The Hall–Kier alpha value is 0.0886. The van der Waals surface area contributed by atoms with Crippen molar-refractivity contribution in [3.05, 3.63) is 93.0 Å². The quantitative estimate of drug-likeness (QED) is 0.225. The Bertz CT molecular complexity index is 1060. The van der Waals surface area contributed by atoms with E-state index in [0.29, 0.717) is 0 Å². The summed E-state index contributed by atoms with van der Waals surface area (Å²) in [6.45, 7) is 17.7. The van der Waals surface area contributed by atoms with Gasteiger partial charge in [0.25, 0.3) is 0 Å². The maximum absolute atomic E-state index is 3.31. The molecule has 3 aromatic rings. The molecule has 3 heteroatoms. The van der Waals surface area contributed by atoms with Gasteiger partial charge in [0.1, 0.15) is 0 Å². The second-order valence-corrected chi connectivity index (χ2v) is 9.96. The molecule has 0 atom stereocenters. The average molecular weight is 1030 g/mol. The van der Waals surface area contributed by atoms with Gasteiger partial charge in [-0.1, -0.05) is 66.5 Å². The molecular formula is C32H40UW2. The maximum atomic E-state index is 3.31. The van der Waals surface area contributed by atoms with Gasteiger partial charge in [-0.2, -0.15) is 58.7 Å². The normalized spacial score (nSPS) is 16.6. The molecule has 0 nitrogen and oxygen atoms in total. The van der Waals surface area contributed by atoms with E-state index in [4.69, 9.17) is 0 Å². The SMILES string of the molecule is Cc1[c-]ccc(-c2ccc(C3CCC(C)CC3)c(C)c2C)c1C.Cc1[c-]ccc(C)c1C.[U+2].[W].[W]. The summed E-state index contributed by atoms with van der Waals surface area (Å²) in [5.41, 5.74) is 13.9. The molecule has 1 saturated carbocycles. The summed E-state index contributed by atoms with van der Waals surface area (Å²) in [5, 5.41) is 0. The summed E-state index contributed by atoms with van der Waals surface area (Å²) in [6.07, 6.45) is 5.49. The van der Waals surface area contributed by atoms with Crippen LogP contribution in [-0.2, 0) is 42.1 Å². The molecule has 0 heterocycles. The van der Waals surface area contributed by atoms with Crippen molar-refractivity contribution >= 4 is 0 Å². The van der Waals surface area contributed by atoms with E-state index in [-0.39, 0.29) is 73.2 Å². The van der Waals surface area contributed by atoms with Gasteiger partial charge >= 0.3 is 31.1 Å². The molecule has 0 bridgehead atoms. The first-order valence-electron chi connectivity index (χ1n) is 12.2. The van der Waals surface area contributed by atoms with E-state index in [9.17, 15) is 0 Å². The van der Waals surface area contributed by atoms with E-state index < -0.39 is 0 Å². The van der Waals surface area contributed by atoms with Crippen LogP contribution in [-0.4, -0.2) is 0 Å². The topological polar surface area (TPSA) is 0 Å². The van der Waals surface area contributed by atoms with Gasteiger partial charge in [0.05, 0.1) is 0 Å². The van der Waals surface area contributed by atoms with Crippen LogP contribution in [0.2, 0.25) is 0 Å². The van der Waals surface area contributed by atoms with Gasteiger partial charge in [-0.15, -0.1) is 11.1 Å². The molecule has 1 aliphatic rings. The van der Waals surface area contributed by atoms with E-state index >= 15 is 0 Å². The molecule has 4 rings (SSSR count). The zero-order valence-electron chi connectivity index (χ0n) is 22.8. The molecule has 0 radical (unpaired) electrons. The van der Waals surface area contributed by atoms with Gasteiger partial charge < -0.3 is 0 Å². The van der Waals surface area contributed by atoms with Crippen molar-refractivity contribution in [1.29, 1.82) is 0 Å². The zero-order valence-corrected chi connectivity index (χ0v) is 32.8. The Morgan fingerprint density at radius 2 is 1.11 bits per heavy atom. The van der Waals surface area contributed by atoms with Crippen LogP contribution in [0.15, 0.2) is 36.4 Å². The third-order valence-electron chi connectivity index (χ3n) is 7.88. The van der Waals surface area contributed by atoms with Crippen LogP contribution < -0.4 is 0 Å². The fraction of sp³-hybridized carbons (Fsp3) is 0.438. The second kappa shape index (κ2) is 16.1. The number of hydrogen-bond donors (Lipinski definition) is 0. The van der Waals surface area contributed by atoms with E-state index in [0.717, 1.165) is 11.8 Å². The van der Waals surface area contributed by atoms with Crippen molar-refractivity contribution < 1.29 is 73.2 Å². The van der Waals surface area contributed by atoms with Crippen LogP contribution in [0.25, 0.3) is 11.1 Å². The van der Waals surface area contributed by atoms with Gasteiger partial charge in [0, 0.05) is 42.1 Å². The van der Waals surface area contributed by atoms with Crippen molar-refractivity contribution in [2.24, 2.45) is 5.92 Å². The summed E-state index contributed by atoms with van der Waals surface area (Å²) in [5.74, 6) is 1.68. The fourth-order valence-corrected chi connectivity index (χ4v) is 4.94. The largest absolute Gasteiger partial charge is 2.00 e. The van der Waals surface area contributed by atoms with Crippen molar-refractivity contribution in [2.75, 3.05) is 0 Å². The van der Waals surface area contributed by atoms with Crippen molar-refractivity contribution in [2.45, 2.75) is 87.0 Å². The number of aryl methyl sites for hydroxylation is 3. The van der Waals surface area contributed by atoms with Crippen LogP contribution in [0.3, 0.4) is 0 Å². The van der Waals surface area contributed by atoms with Gasteiger partial charge in [-0.25, -0.2) is 0 Å². The minimum Gasteiger partial charge on any atom is -0.180 e. The molecule has 1 aliphatic carbocycles. The minimum absolute atomic E-state index is 0. The Kier molecular flexibility index (Phi) is 16.2. The Balaban J connectivity index is 0.000000826. The summed E-state index contributed by atoms with van der Waals surface area (Å²) in [6, 6.07) is 19.5. The molecule has 0 N–H and O–H groups in total. The van der Waals surface area contributed by atoms with Gasteiger partial charge in [0.2, 0.25) is 0 Å². The van der Waals surface area contributed by atoms with Crippen LogP contribution in [0.4, 0.5) is 0 Å². The molecule has 0 amide bonds. The first-order chi connectivity index (χ1) is 15.2. The summed E-state index contributed by atoms with van der Waals surface area (Å²) < 4.78 is 0. The van der Waals surface area contributed by atoms with Crippen LogP contribution in [0.1, 0.15) is 83.0 Å². The summed E-state index contributed by atoms with van der Waals surface area (Å²) in [4.78, 5) is 0. The maximum Gasteiger partial charge on any atom is 2.00 e. The van der Waals surface area contributed by atoms with Gasteiger partial charge in [0.15, 0.2) is 0 Å². The Labute approximate surface area is 267 Å². The number of benzene rings is 3. The van der Waals surface area contributed by atoms with E-state index in [1.165, 1.54) is 75.8 Å². The number of rotatable bonds is 2. The zero-order chi connectivity index (χ0) is 23.4. The second-order valence-electron chi connectivity index (χ2n) is 9.96. The molecule has 1 fully saturated rings. The van der Waals surface area contributed by atoms with E-state index in [2.05, 4.69) is 97.9 Å². The predicted octanol–water partition coefficient (Wildman–Crippen LogP) is 9.09. The third kappa shape index (κ3) is 8.82. The number of hydrogen-bond acceptors (Lipinski definition) is 0. The average Bonchev–Trinajstić information content (AvgIpc) is 2.77. The van der Waals surface area contributed by atoms with E-state index in [1.807, 2.05) is 6.07 Å². The predicted molar refractivity (Wildman–Crippen MR) is 140 cm³/mol. The smallest absolute Gasteiger partial charge is 0.180 e. The summed E-state index contributed by atoms with van der Waals surface area (Å²) in [7, 11) is 0. The molecule has 0 aliphatic heterocycles. The first kappa shape index (κ1) is 35.1. The van der Waals surface area contributed by atoms with Gasteiger partial charge in [-0.05, 0) is 60.8 Å². The molecule has 0 unspecified atom stereocenters. The fourth-order valence-electron chi connectivity index (χ4n) is 4.94. The molecule has 3 aromatic carbocycles. The van der Waals surface area contributed by atoms with Crippen LogP contribution in [0.5, 0.6) is 0 Å². The van der Waals surface area contributed by atoms with Crippen molar-refractivity contribution in [1.82, 2.24) is 0 Å². The van der Waals surface area contributed by atoms with Crippen molar-refractivity contribution in [3.63, 3.8) is 0 Å². The summed E-state index contributed by atoms with van der Waals surface area (Å²) >= 11 is 0. The third-order valence-corrected chi connectivity index (χ3v) is 7.88. The molecule has 0 aromatic heterocycles. The molecule has 35 heavy (non-hydrogen) atoms. The standard InChI is InChI=1S/C23H29.C9H11.U.2W/c1-15-9-11-20(12-10-15)21-13-14-23(19(5)18(21)4)22-8-6-7-16(2)17(22)3;1-7-5-4-6-8(2)9(7)3;;;/h6,8,13-15,20H,9-12H2,1-5H3;4-5H,1-3H3;;;/q2*-1;+2;;. The van der Waals surface area contributed by atoms with Crippen molar-refractivity contribution in [3.8, 4) is 11.1 Å². The molecule has 0 saturated heterocycles. The van der Waals surface area contributed by atoms with E-state index in [1.54, 1.807) is 5.56 Å². The Morgan fingerprint density at radius 3 is 1.66 bits per heavy atom. The molecule has 0 spiro atoms. The molecular weight excluding hydrogens is 990 g/mol. The first-order valence-corrected chi connectivity index (χ1v) is 12.2. The van der Waals surface area contributed by atoms with Crippen LogP contribution in [0, 0.1) is 97.6 Å². The molecule has 184 valence electrons. The van der Waals surface area contributed by atoms with Crippen LogP contribution >= 0.6 is 0 Å². The monoisotopic (exact) mass is 1030 g/mol.